The van der Waals surface area contributed by atoms with E-state index in [4.69, 9.17) is 10.5 Å². The van der Waals surface area contributed by atoms with E-state index in [1.807, 2.05) is 23.6 Å². The third kappa shape index (κ3) is 6.73. The van der Waals surface area contributed by atoms with Gasteiger partial charge < -0.3 is 19.9 Å². The summed E-state index contributed by atoms with van der Waals surface area (Å²) in [5.74, 6) is -0.949. The second kappa shape index (κ2) is 12.3. The molecule has 0 bridgehead atoms. The highest BCUT2D eigenvalue weighted by Crippen LogP contribution is 2.29. The summed E-state index contributed by atoms with van der Waals surface area (Å²) < 4.78 is 46.5. The Morgan fingerprint density at radius 2 is 1.76 bits per heavy atom. The van der Waals surface area contributed by atoms with Crippen LogP contribution in [0, 0.1) is 17.5 Å². The van der Waals surface area contributed by atoms with Crippen LogP contribution in [-0.2, 0) is 11.3 Å². The first-order valence-corrected chi connectivity index (χ1v) is 12.3. The molecule has 0 aliphatic carbocycles. The number of amides is 1. The van der Waals surface area contributed by atoms with Gasteiger partial charge in [-0.3, -0.25) is 0 Å². The van der Waals surface area contributed by atoms with Gasteiger partial charge in [-0.25, -0.2) is 22.9 Å². The number of ether oxygens (including phenoxy) is 1. The van der Waals surface area contributed by atoms with E-state index < -0.39 is 11.6 Å². The molecule has 0 radical (unpaired) electrons. The molecule has 2 unspecified atom stereocenters. The fraction of sp³-hybridized carbons (Fsp3) is 0.241. The predicted molar refractivity (Wildman–Crippen MR) is 139 cm³/mol. The fourth-order valence-corrected chi connectivity index (χ4v) is 4.27. The van der Waals surface area contributed by atoms with Crippen molar-refractivity contribution >= 4 is 12.0 Å². The summed E-state index contributed by atoms with van der Waals surface area (Å²) >= 11 is 0. The molecule has 6 nitrogen and oxygen atoms in total. The Labute approximate surface area is 219 Å². The lowest BCUT2D eigenvalue weighted by Crippen LogP contribution is -2.43. The average molecular weight is 523 g/mol. The molecule has 5 rings (SSSR count). The summed E-state index contributed by atoms with van der Waals surface area (Å²) in [6.07, 6.45) is 4.32. The number of carbonyl (C=O) groups excluding carboxylic acids is 1. The number of hydrogen-bond acceptors (Lipinski definition) is 4. The number of halogens is 3. The highest BCUT2D eigenvalue weighted by Gasteiger charge is 2.31. The molecule has 3 aromatic carbocycles. The van der Waals surface area contributed by atoms with Crippen LogP contribution in [0.5, 0.6) is 0 Å². The van der Waals surface area contributed by atoms with E-state index in [2.05, 4.69) is 4.98 Å². The molecule has 1 aliphatic heterocycles. The van der Waals surface area contributed by atoms with Crippen molar-refractivity contribution in [3.8, 4) is 11.1 Å². The Hall–Kier alpha value is -4.27. The van der Waals surface area contributed by atoms with Gasteiger partial charge in [-0.1, -0.05) is 42.5 Å². The van der Waals surface area contributed by atoms with Crippen LogP contribution in [0.3, 0.4) is 0 Å². The third-order valence-electron chi connectivity index (χ3n) is 6.47. The molecule has 4 aromatic rings. The Morgan fingerprint density at radius 3 is 2.34 bits per heavy atom. The predicted octanol–water partition coefficient (Wildman–Crippen LogP) is 6.60. The molecule has 2 atom stereocenters. The van der Waals surface area contributed by atoms with E-state index in [0.717, 1.165) is 18.1 Å². The smallest absolute Gasteiger partial charge is 0.410 e. The van der Waals surface area contributed by atoms with Gasteiger partial charge in [0.15, 0.2) is 5.95 Å². The van der Waals surface area contributed by atoms with Crippen molar-refractivity contribution in [1.82, 2.24) is 14.5 Å². The van der Waals surface area contributed by atoms with E-state index in [0.29, 0.717) is 36.6 Å². The van der Waals surface area contributed by atoms with Crippen molar-refractivity contribution in [3.63, 3.8) is 0 Å². The van der Waals surface area contributed by atoms with Crippen LogP contribution in [0.1, 0.15) is 31.4 Å². The van der Waals surface area contributed by atoms with E-state index in [1.54, 1.807) is 47.6 Å². The molecular formula is C29H29F3N4O2. The SMILES string of the molecule is CC(c1ccc(-c2ccc(F)cc2F)cc1)N1CCC(CCn2ccnc2N)OC1=O.Fc1ccccc1. The van der Waals surface area contributed by atoms with Crippen molar-refractivity contribution in [2.45, 2.75) is 38.5 Å². The first kappa shape index (κ1) is 26.8. The molecule has 9 heteroatoms. The van der Waals surface area contributed by atoms with E-state index in [9.17, 15) is 18.0 Å². The van der Waals surface area contributed by atoms with E-state index in [-0.39, 0.29) is 24.1 Å². The molecule has 1 aliphatic rings. The minimum absolute atomic E-state index is 0.165. The third-order valence-corrected chi connectivity index (χ3v) is 6.47. The lowest BCUT2D eigenvalue weighted by atomic mass is 10.00. The number of nitrogen functional groups attached to an aromatic ring is 1. The Bertz CT molecular complexity index is 1350. The number of nitrogens with zero attached hydrogens (tertiary/aromatic N) is 3. The molecule has 0 saturated carbocycles. The Balaban J connectivity index is 0.000000417. The summed E-state index contributed by atoms with van der Waals surface area (Å²) in [6, 6.07) is 18.5. The van der Waals surface area contributed by atoms with E-state index >= 15 is 0 Å². The van der Waals surface area contributed by atoms with Gasteiger partial charge in [0, 0.05) is 50.0 Å². The number of hydrogen-bond donors (Lipinski definition) is 1. The maximum atomic E-state index is 14.0. The van der Waals surface area contributed by atoms with E-state index in [1.165, 1.54) is 24.3 Å². The van der Waals surface area contributed by atoms with Gasteiger partial charge >= 0.3 is 6.09 Å². The van der Waals surface area contributed by atoms with Gasteiger partial charge in [-0.2, -0.15) is 0 Å². The fourth-order valence-electron chi connectivity index (χ4n) is 4.27. The monoisotopic (exact) mass is 522 g/mol. The zero-order chi connectivity index (χ0) is 27.1. The number of nitrogens with two attached hydrogens (primary N) is 1. The van der Waals surface area contributed by atoms with Crippen LogP contribution >= 0.6 is 0 Å². The summed E-state index contributed by atoms with van der Waals surface area (Å²) in [6.45, 7) is 3.15. The maximum Gasteiger partial charge on any atom is 0.410 e. The van der Waals surface area contributed by atoms with Crippen LogP contribution in [0.4, 0.5) is 23.9 Å². The number of rotatable bonds is 6. The summed E-state index contributed by atoms with van der Waals surface area (Å²) in [4.78, 5) is 18.3. The van der Waals surface area contributed by atoms with Gasteiger partial charge in [-0.05, 0) is 42.3 Å². The standard InChI is InChI=1S/C23H24F2N4O2.C6H5F/c1-15(16-2-4-17(5-3-16)20-7-6-18(24)14-21(20)25)29-12-9-19(31-23(29)30)8-11-28-13-10-27-22(28)26;7-6-4-2-1-3-5-6/h2-7,10,13-15,19H,8-9,11-12H2,1H3,(H2,26,27);1-5H. The van der Waals surface area contributed by atoms with Gasteiger partial charge in [-0.15, -0.1) is 0 Å². The van der Waals surface area contributed by atoms with Crippen LogP contribution in [0.25, 0.3) is 11.1 Å². The van der Waals surface area contributed by atoms with Gasteiger partial charge in [0.05, 0.1) is 6.04 Å². The number of cyclic esters (lactones) is 1. The Morgan fingerprint density at radius 1 is 1.03 bits per heavy atom. The molecule has 1 saturated heterocycles. The van der Waals surface area contributed by atoms with Crippen LogP contribution in [-0.4, -0.2) is 33.2 Å². The zero-order valence-corrected chi connectivity index (χ0v) is 20.9. The van der Waals surface area contributed by atoms with Crippen molar-refractivity contribution < 1.29 is 22.7 Å². The first-order chi connectivity index (χ1) is 18.3. The molecule has 38 heavy (non-hydrogen) atoms. The molecule has 198 valence electrons. The average Bonchev–Trinajstić information content (AvgIpc) is 3.33. The number of anilines is 1. The number of carbonyl (C=O) groups is 1. The lowest BCUT2D eigenvalue weighted by Gasteiger charge is -2.36. The first-order valence-electron chi connectivity index (χ1n) is 12.3. The Kier molecular flexibility index (Phi) is 8.68. The molecule has 1 fully saturated rings. The molecular weight excluding hydrogens is 493 g/mol. The van der Waals surface area contributed by atoms with Gasteiger partial charge in [0.2, 0.25) is 0 Å². The molecule has 1 amide bonds. The quantitative estimate of drug-likeness (QED) is 0.310. The summed E-state index contributed by atoms with van der Waals surface area (Å²) in [7, 11) is 0. The second-order valence-electron chi connectivity index (χ2n) is 8.97. The normalized spacial score (nSPS) is 15.8. The molecule has 1 aromatic heterocycles. The van der Waals surface area contributed by atoms with Crippen LogP contribution in [0.2, 0.25) is 0 Å². The number of aromatic nitrogens is 2. The molecule has 2 N–H and O–H groups in total. The van der Waals surface area contributed by atoms with Crippen molar-refractivity contribution in [2.75, 3.05) is 12.3 Å². The summed E-state index contributed by atoms with van der Waals surface area (Å²) in [5, 5.41) is 0. The highest BCUT2D eigenvalue weighted by molar-refractivity contribution is 5.69. The van der Waals surface area contributed by atoms with Gasteiger partial charge in [0.25, 0.3) is 0 Å². The van der Waals surface area contributed by atoms with Crippen molar-refractivity contribution in [3.05, 3.63) is 108 Å². The topological polar surface area (TPSA) is 73.4 Å². The molecule has 0 spiro atoms. The van der Waals surface area contributed by atoms with Crippen LogP contribution in [0.15, 0.2) is 85.2 Å². The minimum atomic E-state index is -0.609. The van der Waals surface area contributed by atoms with Crippen molar-refractivity contribution in [2.24, 2.45) is 0 Å². The number of imidazole rings is 1. The van der Waals surface area contributed by atoms with Gasteiger partial charge in [0.1, 0.15) is 23.6 Å². The number of benzene rings is 3. The maximum absolute atomic E-state index is 14.0. The number of aryl methyl sites for hydroxylation is 1. The minimum Gasteiger partial charge on any atom is -0.446 e. The summed E-state index contributed by atoms with van der Waals surface area (Å²) in [5.41, 5.74) is 7.66. The largest absolute Gasteiger partial charge is 0.446 e. The zero-order valence-electron chi connectivity index (χ0n) is 20.9. The second-order valence-corrected chi connectivity index (χ2v) is 8.97. The lowest BCUT2D eigenvalue weighted by molar-refractivity contribution is 0.00845. The highest BCUT2D eigenvalue weighted by atomic mass is 19.1. The molecule has 2 heterocycles. The van der Waals surface area contributed by atoms with Crippen molar-refractivity contribution in [1.29, 1.82) is 0 Å². The van der Waals surface area contributed by atoms with Crippen LogP contribution < -0.4 is 5.73 Å².